The third-order valence-corrected chi connectivity index (χ3v) is 6.23. The van der Waals surface area contributed by atoms with Gasteiger partial charge in [-0.2, -0.15) is 0 Å². The van der Waals surface area contributed by atoms with E-state index < -0.39 is 8.07 Å². The highest BCUT2D eigenvalue weighted by Crippen LogP contribution is 2.45. The molecule has 0 saturated heterocycles. The SMILES string of the molecule is C[Si](C)(C)CCOCn1cnc(-c2ccccc2Cl)c1C1CC1. The summed E-state index contributed by atoms with van der Waals surface area (Å²) >= 11 is 6.37. The Labute approximate surface area is 144 Å². The lowest BCUT2D eigenvalue weighted by atomic mass is 10.1. The molecule has 1 aromatic heterocycles. The number of benzene rings is 1. The third-order valence-electron chi connectivity index (χ3n) is 4.20. The number of hydrogen-bond acceptors (Lipinski definition) is 2. The van der Waals surface area contributed by atoms with Gasteiger partial charge in [-0.25, -0.2) is 4.98 Å². The molecule has 1 aliphatic rings. The Morgan fingerprint density at radius 3 is 2.65 bits per heavy atom. The molecule has 0 unspecified atom stereocenters. The van der Waals surface area contributed by atoms with Crippen molar-refractivity contribution < 1.29 is 4.74 Å². The molecule has 0 atom stereocenters. The van der Waals surface area contributed by atoms with Crippen LogP contribution in [0.2, 0.25) is 30.7 Å². The predicted octanol–water partition coefficient (Wildman–Crippen LogP) is 5.39. The summed E-state index contributed by atoms with van der Waals surface area (Å²) in [6.07, 6.45) is 4.37. The number of nitrogens with zero attached hydrogens (tertiary/aromatic N) is 2. The van der Waals surface area contributed by atoms with E-state index in [4.69, 9.17) is 16.3 Å². The second kappa shape index (κ2) is 6.79. The van der Waals surface area contributed by atoms with Crippen LogP contribution >= 0.6 is 11.6 Å². The molecular weight excluding hydrogens is 324 g/mol. The molecule has 0 N–H and O–H groups in total. The van der Waals surface area contributed by atoms with Crippen LogP contribution in [0, 0.1) is 0 Å². The van der Waals surface area contributed by atoms with Crippen molar-refractivity contribution in [3.05, 3.63) is 41.3 Å². The van der Waals surface area contributed by atoms with Gasteiger partial charge < -0.3 is 9.30 Å². The average Bonchev–Trinajstić information content (AvgIpc) is 3.24. The largest absolute Gasteiger partial charge is 0.361 e. The van der Waals surface area contributed by atoms with Crippen LogP contribution in [0.25, 0.3) is 11.3 Å². The first-order valence-corrected chi connectivity index (χ1v) is 12.4. The predicted molar refractivity (Wildman–Crippen MR) is 98.8 cm³/mol. The van der Waals surface area contributed by atoms with E-state index in [9.17, 15) is 0 Å². The molecule has 0 spiro atoms. The first-order valence-electron chi connectivity index (χ1n) is 8.33. The van der Waals surface area contributed by atoms with Gasteiger partial charge in [-0.15, -0.1) is 0 Å². The van der Waals surface area contributed by atoms with Crippen LogP contribution in [0.1, 0.15) is 24.5 Å². The highest BCUT2D eigenvalue weighted by molar-refractivity contribution is 6.76. The quantitative estimate of drug-likeness (QED) is 0.495. The fourth-order valence-electron chi connectivity index (χ4n) is 2.68. The first kappa shape index (κ1) is 16.7. The van der Waals surface area contributed by atoms with E-state index in [1.165, 1.54) is 24.6 Å². The maximum atomic E-state index is 6.37. The van der Waals surface area contributed by atoms with Gasteiger partial charge in [-0.1, -0.05) is 49.4 Å². The minimum Gasteiger partial charge on any atom is -0.361 e. The van der Waals surface area contributed by atoms with Gasteiger partial charge in [0.15, 0.2) is 0 Å². The van der Waals surface area contributed by atoms with E-state index in [1.54, 1.807) is 0 Å². The molecule has 1 heterocycles. The Hall–Kier alpha value is -1.10. The number of hydrogen-bond donors (Lipinski definition) is 0. The minimum atomic E-state index is -1.04. The van der Waals surface area contributed by atoms with Crippen LogP contribution in [-0.4, -0.2) is 24.2 Å². The van der Waals surface area contributed by atoms with Gasteiger partial charge in [0.05, 0.1) is 22.7 Å². The number of halogens is 1. The summed E-state index contributed by atoms with van der Waals surface area (Å²) in [5.74, 6) is 0.601. The topological polar surface area (TPSA) is 27.1 Å². The van der Waals surface area contributed by atoms with Crippen LogP contribution in [0.5, 0.6) is 0 Å². The maximum absolute atomic E-state index is 6.37. The molecule has 0 radical (unpaired) electrons. The fourth-order valence-corrected chi connectivity index (χ4v) is 3.66. The number of rotatable bonds is 7. The zero-order valence-electron chi connectivity index (χ0n) is 14.2. The van der Waals surface area contributed by atoms with Gasteiger partial charge in [0.25, 0.3) is 0 Å². The van der Waals surface area contributed by atoms with Crippen molar-refractivity contribution in [3.8, 4) is 11.3 Å². The zero-order chi connectivity index (χ0) is 16.4. The number of aromatic nitrogens is 2. The van der Waals surface area contributed by atoms with Crippen molar-refractivity contribution in [2.75, 3.05) is 6.61 Å². The van der Waals surface area contributed by atoms with Crippen molar-refractivity contribution in [3.63, 3.8) is 0 Å². The Bertz CT molecular complexity index is 674. The Balaban J connectivity index is 1.76. The lowest BCUT2D eigenvalue weighted by Gasteiger charge is -2.16. The molecule has 5 heteroatoms. The van der Waals surface area contributed by atoms with E-state index >= 15 is 0 Å². The molecule has 3 rings (SSSR count). The van der Waals surface area contributed by atoms with Crippen LogP contribution in [0.15, 0.2) is 30.6 Å². The molecule has 124 valence electrons. The number of imidazole rings is 1. The van der Waals surface area contributed by atoms with E-state index in [0.29, 0.717) is 12.6 Å². The van der Waals surface area contributed by atoms with Crippen LogP contribution < -0.4 is 0 Å². The van der Waals surface area contributed by atoms with Gasteiger partial charge >= 0.3 is 0 Å². The third kappa shape index (κ3) is 4.25. The van der Waals surface area contributed by atoms with Gasteiger partial charge in [-0.05, 0) is 25.0 Å². The second-order valence-corrected chi connectivity index (χ2v) is 13.6. The second-order valence-electron chi connectivity index (χ2n) is 7.55. The molecule has 3 nitrogen and oxygen atoms in total. The average molecular weight is 349 g/mol. The van der Waals surface area contributed by atoms with Crippen molar-refractivity contribution in [2.45, 2.75) is 51.2 Å². The van der Waals surface area contributed by atoms with Gasteiger partial charge in [0.1, 0.15) is 6.73 Å². The first-order chi connectivity index (χ1) is 11.0. The summed E-state index contributed by atoms with van der Waals surface area (Å²) in [5.41, 5.74) is 3.33. The lowest BCUT2D eigenvalue weighted by Crippen LogP contribution is -2.22. The van der Waals surface area contributed by atoms with E-state index in [0.717, 1.165) is 22.9 Å². The summed E-state index contributed by atoms with van der Waals surface area (Å²) in [6, 6.07) is 9.14. The van der Waals surface area contributed by atoms with Crippen LogP contribution in [0.4, 0.5) is 0 Å². The molecule has 1 fully saturated rings. The molecular formula is C18H25ClN2OSi. The lowest BCUT2D eigenvalue weighted by molar-refractivity contribution is 0.0853. The molecule has 23 heavy (non-hydrogen) atoms. The highest BCUT2D eigenvalue weighted by Gasteiger charge is 2.31. The fraction of sp³-hybridized carbons (Fsp3) is 0.500. The molecule has 0 amide bonds. The van der Waals surface area contributed by atoms with Crippen molar-refractivity contribution >= 4 is 19.7 Å². The highest BCUT2D eigenvalue weighted by atomic mass is 35.5. The summed E-state index contributed by atoms with van der Waals surface area (Å²) in [6.45, 7) is 8.54. The van der Waals surface area contributed by atoms with Gasteiger partial charge in [-0.3, -0.25) is 0 Å². The zero-order valence-corrected chi connectivity index (χ0v) is 15.9. The van der Waals surface area contributed by atoms with Crippen molar-refractivity contribution in [1.82, 2.24) is 9.55 Å². The molecule has 2 aromatic rings. The Morgan fingerprint density at radius 2 is 2.00 bits per heavy atom. The Kier molecular flexibility index (Phi) is 4.95. The van der Waals surface area contributed by atoms with Crippen molar-refractivity contribution in [1.29, 1.82) is 0 Å². The number of ether oxygens (including phenoxy) is 1. The van der Waals surface area contributed by atoms with Crippen LogP contribution in [-0.2, 0) is 11.5 Å². The van der Waals surface area contributed by atoms with E-state index in [-0.39, 0.29) is 0 Å². The smallest absolute Gasteiger partial charge is 0.124 e. The van der Waals surface area contributed by atoms with Crippen LogP contribution in [0.3, 0.4) is 0 Å². The van der Waals surface area contributed by atoms with E-state index in [1.807, 2.05) is 30.6 Å². The van der Waals surface area contributed by atoms with E-state index in [2.05, 4.69) is 29.2 Å². The molecule has 1 aliphatic carbocycles. The summed E-state index contributed by atoms with van der Waals surface area (Å²) in [7, 11) is -1.04. The molecule has 0 aliphatic heterocycles. The standard InChI is InChI=1S/C18H25ClN2OSi/c1-23(2,3)11-10-22-13-21-12-20-17(18(21)14-8-9-14)15-6-4-5-7-16(15)19/h4-7,12,14H,8-11,13H2,1-3H3. The molecule has 1 aromatic carbocycles. The van der Waals surface area contributed by atoms with Gasteiger partial charge in [0.2, 0.25) is 0 Å². The molecule has 1 saturated carbocycles. The monoisotopic (exact) mass is 348 g/mol. The van der Waals surface area contributed by atoms with Gasteiger partial charge in [0, 0.05) is 26.2 Å². The Morgan fingerprint density at radius 1 is 1.26 bits per heavy atom. The molecule has 0 bridgehead atoms. The maximum Gasteiger partial charge on any atom is 0.124 e. The minimum absolute atomic E-state index is 0.591. The summed E-state index contributed by atoms with van der Waals surface area (Å²) < 4.78 is 8.09. The summed E-state index contributed by atoms with van der Waals surface area (Å²) in [5, 5.41) is 0.763. The normalized spacial score (nSPS) is 15.1. The summed E-state index contributed by atoms with van der Waals surface area (Å²) in [4.78, 5) is 4.64. The van der Waals surface area contributed by atoms with Crippen molar-refractivity contribution in [2.24, 2.45) is 0 Å².